The minimum Gasteiger partial charge on any atom is -0.478 e. The number of nitro groups is 1. The Bertz CT molecular complexity index is 486. The van der Waals surface area contributed by atoms with E-state index in [2.05, 4.69) is 13.8 Å². The zero-order valence-corrected chi connectivity index (χ0v) is 11.3. The molecule has 6 heteroatoms. The molecular formula is C13H18N2O4. The summed E-state index contributed by atoms with van der Waals surface area (Å²) in [4.78, 5) is 23.1. The van der Waals surface area contributed by atoms with Crippen molar-refractivity contribution in [2.45, 2.75) is 20.3 Å². The van der Waals surface area contributed by atoms with Crippen molar-refractivity contribution in [1.29, 1.82) is 0 Å². The third-order valence-electron chi connectivity index (χ3n) is 2.87. The lowest BCUT2D eigenvalue weighted by molar-refractivity contribution is -0.384. The van der Waals surface area contributed by atoms with Gasteiger partial charge >= 0.3 is 5.97 Å². The van der Waals surface area contributed by atoms with E-state index >= 15 is 0 Å². The van der Waals surface area contributed by atoms with E-state index in [9.17, 15) is 14.9 Å². The second-order valence-electron chi connectivity index (χ2n) is 4.87. The highest BCUT2D eigenvalue weighted by Gasteiger charge is 2.19. The van der Waals surface area contributed by atoms with Crippen molar-refractivity contribution in [3.63, 3.8) is 0 Å². The van der Waals surface area contributed by atoms with Gasteiger partial charge in [-0.25, -0.2) is 4.79 Å². The topological polar surface area (TPSA) is 83.7 Å². The average molecular weight is 266 g/mol. The van der Waals surface area contributed by atoms with Gasteiger partial charge in [0.1, 0.15) is 5.69 Å². The fraction of sp³-hybridized carbons (Fsp3) is 0.462. The maximum Gasteiger partial charge on any atom is 0.335 e. The molecule has 0 saturated carbocycles. The first-order chi connectivity index (χ1) is 8.82. The predicted molar refractivity (Wildman–Crippen MR) is 72.8 cm³/mol. The van der Waals surface area contributed by atoms with Crippen molar-refractivity contribution >= 4 is 17.3 Å². The van der Waals surface area contributed by atoms with Gasteiger partial charge in [0.25, 0.3) is 5.69 Å². The molecule has 0 unspecified atom stereocenters. The molecule has 19 heavy (non-hydrogen) atoms. The number of hydrogen-bond acceptors (Lipinski definition) is 4. The van der Waals surface area contributed by atoms with Crippen molar-refractivity contribution in [2.24, 2.45) is 5.92 Å². The molecule has 6 nitrogen and oxygen atoms in total. The monoisotopic (exact) mass is 266 g/mol. The number of aromatic carboxylic acids is 1. The molecule has 0 aromatic heterocycles. The molecule has 0 saturated heterocycles. The largest absolute Gasteiger partial charge is 0.478 e. The summed E-state index contributed by atoms with van der Waals surface area (Å²) in [6, 6.07) is 3.84. The molecule has 0 heterocycles. The highest BCUT2D eigenvalue weighted by Crippen LogP contribution is 2.29. The number of anilines is 1. The van der Waals surface area contributed by atoms with E-state index in [1.165, 1.54) is 18.2 Å². The van der Waals surface area contributed by atoms with E-state index in [1.807, 2.05) is 0 Å². The third-order valence-corrected chi connectivity index (χ3v) is 2.87. The number of hydrogen-bond donors (Lipinski definition) is 1. The summed E-state index contributed by atoms with van der Waals surface area (Å²) >= 11 is 0. The zero-order chi connectivity index (χ0) is 14.6. The normalized spacial score (nSPS) is 10.5. The van der Waals surface area contributed by atoms with Crippen LogP contribution in [0.3, 0.4) is 0 Å². The first-order valence-corrected chi connectivity index (χ1v) is 6.05. The number of nitrogens with zero attached hydrogens (tertiary/aromatic N) is 2. The molecule has 0 aliphatic carbocycles. The van der Waals surface area contributed by atoms with Gasteiger partial charge in [0.2, 0.25) is 0 Å². The summed E-state index contributed by atoms with van der Waals surface area (Å²) < 4.78 is 0. The molecule has 0 fully saturated rings. The number of nitro benzene ring substituents is 1. The van der Waals surface area contributed by atoms with Crippen molar-refractivity contribution < 1.29 is 14.8 Å². The smallest absolute Gasteiger partial charge is 0.335 e. The minimum atomic E-state index is -1.09. The molecule has 0 bridgehead atoms. The molecule has 0 aliphatic heterocycles. The summed E-state index contributed by atoms with van der Waals surface area (Å²) in [5.41, 5.74) is 0.318. The lowest BCUT2D eigenvalue weighted by atomic mass is 10.1. The quantitative estimate of drug-likeness (QED) is 0.632. The molecule has 1 aromatic carbocycles. The van der Waals surface area contributed by atoms with Gasteiger partial charge in [-0.3, -0.25) is 10.1 Å². The number of carboxylic acids is 1. The Morgan fingerprint density at radius 1 is 1.47 bits per heavy atom. The molecule has 1 rings (SSSR count). The summed E-state index contributed by atoms with van der Waals surface area (Å²) in [5.74, 6) is -0.613. The Morgan fingerprint density at radius 2 is 2.11 bits per heavy atom. The van der Waals surface area contributed by atoms with Crippen LogP contribution in [0.1, 0.15) is 30.6 Å². The number of rotatable bonds is 6. The van der Waals surface area contributed by atoms with Crippen LogP contribution in [0.25, 0.3) is 0 Å². The van der Waals surface area contributed by atoms with Crippen LogP contribution in [0.5, 0.6) is 0 Å². The van der Waals surface area contributed by atoms with Crippen molar-refractivity contribution in [3.05, 3.63) is 33.9 Å². The van der Waals surface area contributed by atoms with Crippen molar-refractivity contribution in [2.75, 3.05) is 18.5 Å². The van der Waals surface area contributed by atoms with E-state index in [0.717, 1.165) is 6.42 Å². The van der Waals surface area contributed by atoms with Crippen molar-refractivity contribution in [3.8, 4) is 0 Å². The van der Waals surface area contributed by atoms with Crippen LogP contribution in [0.15, 0.2) is 18.2 Å². The SMILES string of the molecule is CC(C)CCN(C)c1cc(C(=O)O)ccc1[N+](=O)[O-]. The molecule has 0 radical (unpaired) electrons. The molecule has 0 spiro atoms. The van der Waals surface area contributed by atoms with Gasteiger partial charge in [-0.05, 0) is 24.5 Å². The van der Waals surface area contributed by atoms with Crippen LogP contribution in [-0.2, 0) is 0 Å². The van der Waals surface area contributed by atoms with E-state index in [-0.39, 0.29) is 11.3 Å². The molecular weight excluding hydrogens is 248 g/mol. The Balaban J connectivity index is 3.09. The number of benzene rings is 1. The van der Waals surface area contributed by atoms with Gasteiger partial charge in [-0.1, -0.05) is 13.8 Å². The van der Waals surface area contributed by atoms with Crippen LogP contribution in [0.4, 0.5) is 11.4 Å². The summed E-state index contributed by atoms with van der Waals surface area (Å²) in [5, 5.41) is 19.9. The number of carbonyl (C=O) groups is 1. The second kappa shape index (κ2) is 6.17. The Labute approximate surface area is 111 Å². The first-order valence-electron chi connectivity index (χ1n) is 6.05. The van der Waals surface area contributed by atoms with Gasteiger partial charge in [0.05, 0.1) is 10.5 Å². The molecule has 0 amide bonds. The standard InChI is InChI=1S/C13H18N2O4/c1-9(2)6-7-14(3)12-8-10(13(16)17)4-5-11(12)15(18)19/h4-5,8-9H,6-7H2,1-3H3,(H,16,17). The lowest BCUT2D eigenvalue weighted by Gasteiger charge is -2.20. The van der Waals surface area contributed by atoms with Gasteiger partial charge < -0.3 is 10.0 Å². The predicted octanol–water partition coefficient (Wildman–Crippen LogP) is 2.78. The van der Waals surface area contributed by atoms with Gasteiger partial charge in [0, 0.05) is 19.7 Å². The van der Waals surface area contributed by atoms with Gasteiger partial charge in [0.15, 0.2) is 0 Å². The first kappa shape index (κ1) is 14.9. The van der Waals surface area contributed by atoms with E-state index in [1.54, 1.807) is 11.9 Å². The highest BCUT2D eigenvalue weighted by atomic mass is 16.6. The molecule has 104 valence electrons. The maximum absolute atomic E-state index is 11.0. The van der Waals surface area contributed by atoms with Gasteiger partial charge in [-0.15, -0.1) is 0 Å². The second-order valence-corrected chi connectivity index (χ2v) is 4.87. The zero-order valence-electron chi connectivity index (χ0n) is 11.3. The van der Waals surface area contributed by atoms with Crippen LogP contribution in [0, 0.1) is 16.0 Å². The summed E-state index contributed by atoms with van der Waals surface area (Å²) in [6.45, 7) is 4.77. The summed E-state index contributed by atoms with van der Waals surface area (Å²) in [6.07, 6.45) is 0.880. The molecule has 0 atom stereocenters. The average Bonchev–Trinajstić information content (AvgIpc) is 2.34. The molecule has 1 N–H and O–H groups in total. The van der Waals surface area contributed by atoms with Crippen molar-refractivity contribution in [1.82, 2.24) is 0 Å². The van der Waals surface area contributed by atoms with Crippen LogP contribution >= 0.6 is 0 Å². The third kappa shape index (κ3) is 3.94. The molecule has 0 aliphatic rings. The number of carboxylic acid groups (broad SMARTS) is 1. The highest BCUT2D eigenvalue weighted by molar-refractivity contribution is 5.90. The van der Waals surface area contributed by atoms with Crippen LogP contribution in [0.2, 0.25) is 0 Å². The maximum atomic E-state index is 11.0. The lowest BCUT2D eigenvalue weighted by Crippen LogP contribution is -2.21. The van der Waals surface area contributed by atoms with Gasteiger partial charge in [-0.2, -0.15) is 0 Å². The van der Waals surface area contributed by atoms with E-state index in [0.29, 0.717) is 18.2 Å². The van der Waals surface area contributed by atoms with Crippen LogP contribution < -0.4 is 4.90 Å². The van der Waals surface area contributed by atoms with E-state index < -0.39 is 10.9 Å². The molecule has 1 aromatic rings. The fourth-order valence-corrected chi connectivity index (χ4v) is 1.69. The minimum absolute atomic E-state index is 0.0528. The Hall–Kier alpha value is -2.11. The van der Waals surface area contributed by atoms with Crippen LogP contribution in [-0.4, -0.2) is 29.6 Å². The summed E-state index contributed by atoms with van der Waals surface area (Å²) in [7, 11) is 1.73. The Morgan fingerprint density at radius 3 is 2.58 bits per heavy atom. The Kier molecular flexibility index (Phi) is 4.86. The fourth-order valence-electron chi connectivity index (χ4n) is 1.69. The van der Waals surface area contributed by atoms with E-state index in [4.69, 9.17) is 5.11 Å².